The minimum atomic E-state index is -0.852. The number of halogens is 1. The smallest absolute Gasteiger partial charge is 0.304 e. The first-order chi connectivity index (χ1) is 8.83. The van der Waals surface area contributed by atoms with E-state index in [1.807, 2.05) is 20.8 Å². The number of carbonyl (C=O) groups is 1. The fourth-order valence-electron chi connectivity index (χ4n) is 2.61. The Labute approximate surface area is 117 Å². The van der Waals surface area contributed by atoms with E-state index in [0.717, 1.165) is 11.1 Å². The number of aliphatic carboxylic acids is 1. The van der Waals surface area contributed by atoms with E-state index in [9.17, 15) is 4.79 Å². The van der Waals surface area contributed by atoms with E-state index in [4.69, 9.17) is 26.2 Å². The van der Waals surface area contributed by atoms with Gasteiger partial charge in [0.25, 0.3) is 0 Å². The third-order valence-corrected chi connectivity index (χ3v) is 3.59. The van der Waals surface area contributed by atoms with Gasteiger partial charge in [0.15, 0.2) is 11.5 Å². The largest absolute Gasteiger partial charge is 0.486 e. The number of carboxylic acids is 1. The average molecular weight is 285 g/mol. The van der Waals surface area contributed by atoms with Gasteiger partial charge in [0, 0.05) is 22.1 Å². The van der Waals surface area contributed by atoms with Gasteiger partial charge >= 0.3 is 5.97 Å². The minimum absolute atomic E-state index is 0.00715. The Hall–Kier alpha value is -1.42. The highest BCUT2D eigenvalue weighted by molar-refractivity contribution is 6.31. The summed E-state index contributed by atoms with van der Waals surface area (Å²) in [6.45, 7) is 6.62. The second-order valence-electron chi connectivity index (χ2n) is 5.34. The summed E-state index contributed by atoms with van der Waals surface area (Å²) in [6, 6.07) is 1.71. The van der Waals surface area contributed by atoms with Crippen molar-refractivity contribution in [2.75, 3.05) is 13.2 Å². The predicted octanol–water partition coefficient (Wildman–Crippen LogP) is 3.17. The van der Waals surface area contributed by atoms with Crippen LogP contribution in [0.4, 0.5) is 0 Å². The minimum Gasteiger partial charge on any atom is -0.486 e. The van der Waals surface area contributed by atoms with E-state index < -0.39 is 11.4 Å². The molecule has 2 rings (SSSR count). The molecule has 0 amide bonds. The van der Waals surface area contributed by atoms with Crippen molar-refractivity contribution in [1.82, 2.24) is 0 Å². The zero-order valence-corrected chi connectivity index (χ0v) is 12.0. The molecular weight excluding hydrogens is 268 g/mol. The predicted molar refractivity (Wildman–Crippen MR) is 72.5 cm³/mol. The van der Waals surface area contributed by atoms with Gasteiger partial charge < -0.3 is 14.6 Å². The van der Waals surface area contributed by atoms with Gasteiger partial charge in [-0.15, -0.1) is 0 Å². The van der Waals surface area contributed by atoms with Gasteiger partial charge in [-0.25, -0.2) is 0 Å². The van der Waals surface area contributed by atoms with Crippen LogP contribution in [0.1, 0.15) is 31.4 Å². The fourth-order valence-corrected chi connectivity index (χ4v) is 3.11. The van der Waals surface area contributed by atoms with Crippen molar-refractivity contribution in [3.63, 3.8) is 0 Å². The molecule has 0 saturated heterocycles. The molecule has 0 atom stereocenters. The molecule has 19 heavy (non-hydrogen) atoms. The van der Waals surface area contributed by atoms with E-state index in [2.05, 4.69) is 0 Å². The maximum Gasteiger partial charge on any atom is 0.304 e. The molecule has 104 valence electrons. The Balaban J connectivity index is 2.54. The van der Waals surface area contributed by atoms with Crippen LogP contribution >= 0.6 is 11.6 Å². The zero-order valence-electron chi connectivity index (χ0n) is 11.2. The van der Waals surface area contributed by atoms with E-state index in [-0.39, 0.29) is 6.42 Å². The van der Waals surface area contributed by atoms with Crippen LogP contribution in [0.15, 0.2) is 6.07 Å². The molecule has 5 heteroatoms. The highest BCUT2D eigenvalue weighted by Crippen LogP contribution is 2.45. The van der Waals surface area contributed by atoms with Crippen molar-refractivity contribution < 1.29 is 19.4 Å². The van der Waals surface area contributed by atoms with Crippen LogP contribution in [0, 0.1) is 6.92 Å². The lowest BCUT2D eigenvalue weighted by atomic mass is 9.79. The van der Waals surface area contributed by atoms with E-state index in [1.165, 1.54) is 0 Å². The number of ether oxygens (including phenoxy) is 2. The summed E-state index contributed by atoms with van der Waals surface area (Å²) in [7, 11) is 0. The van der Waals surface area contributed by atoms with Gasteiger partial charge in [-0.05, 0) is 12.5 Å². The first-order valence-electron chi connectivity index (χ1n) is 6.14. The molecule has 1 aromatic carbocycles. The number of benzene rings is 1. The van der Waals surface area contributed by atoms with Gasteiger partial charge in [-0.3, -0.25) is 4.79 Å². The monoisotopic (exact) mass is 284 g/mol. The first-order valence-corrected chi connectivity index (χ1v) is 6.51. The lowest BCUT2D eigenvalue weighted by Gasteiger charge is -2.30. The molecule has 0 saturated carbocycles. The molecule has 4 nitrogen and oxygen atoms in total. The third kappa shape index (κ3) is 2.63. The van der Waals surface area contributed by atoms with E-state index >= 15 is 0 Å². The summed E-state index contributed by atoms with van der Waals surface area (Å²) < 4.78 is 11.1. The van der Waals surface area contributed by atoms with E-state index in [1.54, 1.807) is 6.07 Å². The third-order valence-electron chi connectivity index (χ3n) is 3.29. The number of hydrogen-bond donors (Lipinski definition) is 1. The summed E-state index contributed by atoms with van der Waals surface area (Å²) in [4.78, 5) is 11.0. The van der Waals surface area contributed by atoms with Crippen molar-refractivity contribution in [1.29, 1.82) is 0 Å². The molecule has 0 radical (unpaired) electrons. The van der Waals surface area contributed by atoms with Crippen LogP contribution in [-0.4, -0.2) is 24.3 Å². The molecule has 0 fully saturated rings. The Morgan fingerprint density at radius 3 is 2.68 bits per heavy atom. The van der Waals surface area contributed by atoms with Crippen LogP contribution in [-0.2, 0) is 10.2 Å². The lowest BCUT2D eigenvalue weighted by molar-refractivity contribution is -0.138. The van der Waals surface area contributed by atoms with Gasteiger partial charge in [0.1, 0.15) is 13.2 Å². The van der Waals surface area contributed by atoms with Gasteiger partial charge in [0.2, 0.25) is 0 Å². The highest BCUT2D eigenvalue weighted by Gasteiger charge is 2.31. The van der Waals surface area contributed by atoms with Gasteiger partial charge in [-0.2, -0.15) is 0 Å². The van der Waals surface area contributed by atoms with Crippen molar-refractivity contribution in [2.45, 2.75) is 32.6 Å². The molecule has 0 spiro atoms. The molecule has 1 heterocycles. The molecule has 0 aromatic heterocycles. The van der Waals surface area contributed by atoms with Gasteiger partial charge in [-0.1, -0.05) is 25.4 Å². The number of rotatable bonds is 3. The fraction of sp³-hybridized carbons (Fsp3) is 0.500. The highest BCUT2D eigenvalue weighted by atomic mass is 35.5. The molecule has 0 aliphatic carbocycles. The normalized spacial score (nSPS) is 14.3. The SMILES string of the molecule is Cc1c2c(cc(Cl)c1C(C)(C)CC(=O)O)OCCO2. The van der Waals surface area contributed by atoms with Crippen molar-refractivity contribution in [3.05, 3.63) is 22.2 Å². The maximum atomic E-state index is 11.0. The average Bonchev–Trinajstić information content (AvgIpc) is 2.26. The van der Waals surface area contributed by atoms with E-state index in [0.29, 0.717) is 29.7 Å². The van der Waals surface area contributed by atoms with Gasteiger partial charge in [0.05, 0.1) is 6.42 Å². The van der Waals surface area contributed by atoms with Crippen molar-refractivity contribution >= 4 is 17.6 Å². The lowest BCUT2D eigenvalue weighted by Crippen LogP contribution is -2.25. The second kappa shape index (κ2) is 4.93. The molecule has 0 unspecified atom stereocenters. The summed E-state index contributed by atoms with van der Waals surface area (Å²) in [5, 5.41) is 9.55. The summed E-state index contributed by atoms with van der Waals surface area (Å²) in [6.07, 6.45) is 0.00715. The van der Waals surface area contributed by atoms with Crippen LogP contribution in [0.25, 0.3) is 0 Å². The molecular formula is C14H17ClO4. The van der Waals surface area contributed by atoms with Crippen molar-refractivity contribution in [3.8, 4) is 11.5 Å². The topological polar surface area (TPSA) is 55.8 Å². The van der Waals surface area contributed by atoms with Crippen LogP contribution in [0.5, 0.6) is 11.5 Å². The Bertz CT molecular complexity index is 523. The second-order valence-corrected chi connectivity index (χ2v) is 5.74. The zero-order chi connectivity index (χ0) is 14.2. The summed E-state index contributed by atoms with van der Waals surface area (Å²) in [5.41, 5.74) is 1.09. The number of hydrogen-bond acceptors (Lipinski definition) is 3. The Morgan fingerprint density at radius 2 is 2.05 bits per heavy atom. The molecule has 0 bridgehead atoms. The van der Waals surface area contributed by atoms with Crippen LogP contribution in [0.2, 0.25) is 5.02 Å². The molecule has 1 aliphatic heterocycles. The first kappa shape index (κ1) is 14.0. The molecule has 1 N–H and O–H groups in total. The number of fused-ring (bicyclic) bond motifs is 1. The van der Waals surface area contributed by atoms with Crippen LogP contribution < -0.4 is 9.47 Å². The summed E-state index contributed by atoms with van der Waals surface area (Å²) in [5.74, 6) is 0.447. The Morgan fingerprint density at radius 1 is 1.42 bits per heavy atom. The van der Waals surface area contributed by atoms with Crippen LogP contribution in [0.3, 0.4) is 0 Å². The molecule has 1 aliphatic rings. The Kier molecular flexibility index (Phi) is 3.63. The maximum absolute atomic E-state index is 11.0. The quantitative estimate of drug-likeness (QED) is 0.926. The van der Waals surface area contributed by atoms with Crippen molar-refractivity contribution in [2.24, 2.45) is 0 Å². The summed E-state index contributed by atoms with van der Waals surface area (Å²) >= 11 is 6.31. The number of carboxylic acid groups (broad SMARTS) is 1. The standard InChI is InChI=1S/C14H17ClO4/c1-8-12(14(2,3)7-11(16)17)9(15)6-10-13(8)19-5-4-18-10/h6H,4-5,7H2,1-3H3,(H,16,17). The molecule has 1 aromatic rings.